The minimum Gasteiger partial charge on any atom is -0.351 e. The summed E-state index contributed by atoms with van der Waals surface area (Å²) in [5, 5.41) is 5.68. The van der Waals surface area contributed by atoms with E-state index in [0.717, 1.165) is 22.0 Å². The number of hydrogen-bond donors (Lipinski definition) is 3. The maximum atomic E-state index is 12.1. The van der Waals surface area contributed by atoms with Gasteiger partial charge in [0.1, 0.15) is 0 Å². The first-order valence-corrected chi connectivity index (χ1v) is 8.36. The van der Waals surface area contributed by atoms with Crippen molar-refractivity contribution in [3.63, 3.8) is 0 Å². The SMILES string of the molecule is CCNC(=O)C[NH+](CC)CC(=O)Nc1ccccc1SC. The van der Waals surface area contributed by atoms with Gasteiger partial charge in [0.25, 0.3) is 11.8 Å². The second-order valence-electron chi connectivity index (χ2n) is 4.66. The van der Waals surface area contributed by atoms with Crippen LogP contribution in [0.3, 0.4) is 0 Å². The number of thioether (sulfide) groups is 1. The van der Waals surface area contributed by atoms with Crippen molar-refractivity contribution in [3.05, 3.63) is 24.3 Å². The van der Waals surface area contributed by atoms with Crippen LogP contribution >= 0.6 is 11.8 Å². The van der Waals surface area contributed by atoms with Crippen LogP contribution in [0.1, 0.15) is 13.8 Å². The third kappa shape index (κ3) is 6.18. The number of likely N-dealkylation sites (N-methyl/N-ethyl adjacent to an activating group) is 2. The normalized spacial score (nSPS) is 11.8. The fraction of sp³-hybridized carbons (Fsp3) is 0.467. The monoisotopic (exact) mass is 310 g/mol. The molecule has 0 bridgehead atoms. The van der Waals surface area contributed by atoms with Crippen molar-refractivity contribution < 1.29 is 14.5 Å². The number of benzene rings is 1. The van der Waals surface area contributed by atoms with Gasteiger partial charge in [0.15, 0.2) is 13.1 Å². The summed E-state index contributed by atoms with van der Waals surface area (Å²) in [6.45, 7) is 5.81. The number of carbonyl (C=O) groups is 2. The number of amides is 2. The van der Waals surface area contributed by atoms with Crippen LogP contribution in [0.25, 0.3) is 0 Å². The van der Waals surface area contributed by atoms with Gasteiger partial charge in [-0.25, -0.2) is 0 Å². The van der Waals surface area contributed by atoms with E-state index in [1.807, 2.05) is 44.4 Å². The molecule has 0 spiro atoms. The predicted molar refractivity (Wildman–Crippen MR) is 86.8 cm³/mol. The molecule has 0 radical (unpaired) electrons. The molecule has 0 aliphatic heterocycles. The predicted octanol–water partition coefficient (Wildman–Crippen LogP) is 0.388. The lowest BCUT2D eigenvalue weighted by Crippen LogP contribution is -3.14. The van der Waals surface area contributed by atoms with Crippen LogP contribution in [-0.2, 0) is 9.59 Å². The van der Waals surface area contributed by atoms with Gasteiger partial charge in [-0.15, -0.1) is 11.8 Å². The highest BCUT2D eigenvalue weighted by Gasteiger charge is 2.16. The molecule has 2 amide bonds. The van der Waals surface area contributed by atoms with Crippen LogP contribution in [0.2, 0.25) is 0 Å². The van der Waals surface area contributed by atoms with Crippen molar-refractivity contribution in [1.82, 2.24) is 5.32 Å². The van der Waals surface area contributed by atoms with Crippen LogP contribution in [0.5, 0.6) is 0 Å². The van der Waals surface area contributed by atoms with Gasteiger partial charge in [-0.2, -0.15) is 0 Å². The van der Waals surface area contributed by atoms with E-state index in [4.69, 9.17) is 0 Å². The molecule has 0 saturated carbocycles. The summed E-state index contributed by atoms with van der Waals surface area (Å²) in [5.74, 6) is -0.0932. The van der Waals surface area contributed by atoms with E-state index in [9.17, 15) is 9.59 Å². The molecule has 3 N–H and O–H groups in total. The van der Waals surface area contributed by atoms with Gasteiger partial charge in [0, 0.05) is 11.4 Å². The van der Waals surface area contributed by atoms with E-state index in [0.29, 0.717) is 13.1 Å². The van der Waals surface area contributed by atoms with Crippen molar-refractivity contribution in [2.45, 2.75) is 18.7 Å². The van der Waals surface area contributed by atoms with Crippen LogP contribution in [0.15, 0.2) is 29.2 Å². The number of carbonyl (C=O) groups excluding carboxylic acids is 2. The van der Waals surface area contributed by atoms with Crippen LogP contribution in [0.4, 0.5) is 5.69 Å². The number of quaternary nitrogens is 1. The van der Waals surface area contributed by atoms with Gasteiger partial charge < -0.3 is 15.5 Å². The second-order valence-corrected chi connectivity index (χ2v) is 5.51. The standard InChI is InChI=1S/C15H23N3O2S/c1-4-16-14(19)10-18(5-2)11-15(20)17-12-8-6-7-9-13(12)21-3/h6-9H,4-5,10-11H2,1-3H3,(H,16,19)(H,17,20)/p+1. The topological polar surface area (TPSA) is 62.6 Å². The smallest absolute Gasteiger partial charge is 0.279 e. The van der Waals surface area contributed by atoms with Crippen molar-refractivity contribution in [3.8, 4) is 0 Å². The van der Waals surface area contributed by atoms with Gasteiger partial charge >= 0.3 is 0 Å². The van der Waals surface area contributed by atoms with Gasteiger partial charge in [-0.05, 0) is 32.2 Å². The maximum Gasteiger partial charge on any atom is 0.279 e. The summed E-state index contributed by atoms with van der Waals surface area (Å²) in [6, 6.07) is 7.70. The Kier molecular flexibility index (Phi) is 7.85. The first-order chi connectivity index (χ1) is 10.1. The van der Waals surface area contributed by atoms with E-state index in [-0.39, 0.29) is 18.4 Å². The Morgan fingerprint density at radius 2 is 1.81 bits per heavy atom. The molecular weight excluding hydrogens is 286 g/mol. The van der Waals surface area contributed by atoms with Gasteiger partial charge in [-0.1, -0.05) is 12.1 Å². The lowest BCUT2D eigenvalue weighted by Gasteiger charge is -2.17. The molecule has 5 nitrogen and oxygen atoms in total. The van der Waals surface area contributed by atoms with Crippen LogP contribution < -0.4 is 15.5 Å². The number of para-hydroxylation sites is 1. The quantitative estimate of drug-likeness (QED) is 0.609. The molecular formula is C15H24N3O2S+. The Morgan fingerprint density at radius 3 is 2.43 bits per heavy atom. The lowest BCUT2D eigenvalue weighted by molar-refractivity contribution is -0.881. The first-order valence-electron chi connectivity index (χ1n) is 7.13. The molecule has 0 saturated heterocycles. The summed E-state index contributed by atoms with van der Waals surface area (Å²) in [7, 11) is 0. The van der Waals surface area contributed by atoms with Crippen LogP contribution in [-0.4, -0.2) is 44.2 Å². The highest BCUT2D eigenvalue weighted by Crippen LogP contribution is 2.24. The average molecular weight is 310 g/mol. The second kappa shape index (κ2) is 9.41. The van der Waals surface area contributed by atoms with Crippen molar-refractivity contribution in [2.75, 3.05) is 37.8 Å². The molecule has 1 aromatic carbocycles. The molecule has 6 heteroatoms. The average Bonchev–Trinajstić information content (AvgIpc) is 2.47. The Labute approximate surface area is 130 Å². The molecule has 0 heterocycles. The molecule has 21 heavy (non-hydrogen) atoms. The summed E-state index contributed by atoms with van der Waals surface area (Å²) in [4.78, 5) is 25.7. The van der Waals surface area contributed by atoms with Crippen LogP contribution in [0, 0.1) is 0 Å². The Hall–Kier alpha value is -1.53. The van der Waals surface area contributed by atoms with E-state index in [2.05, 4.69) is 10.6 Å². The zero-order valence-corrected chi connectivity index (χ0v) is 13.7. The minimum atomic E-state index is -0.0716. The summed E-state index contributed by atoms with van der Waals surface area (Å²) in [5.41, 5.74) is 0.823. The number of anilines is 1. The molecule has 1 rings (SSSR count). The maximum absolute atomic E-state index is 12.1. The fourth-order valence-corrected chi connectivity index (χ4v) is 2.52. The zero-order chi connectivity index (χ0) is 15.7. The van der Waals surface area contributed by atoms with Gasteiger partial charge in [0.05, 0.1) is 12.2 Å². The highest BCUT2D eigenvalue weighted by molar-refractivity contribution is 7.98. The fourth-order valence-electron chi connectivity index (χ4n) is 1.97. The van der Waals surface area contributed by atoms with Crippen molar-refractivity contribution in [2.24, 2.45) is 0 Å². The lowest BCUT2D eigenvalue weighted by atomic mass is 10.3. The first kappa shape index (κ1) is 17.5. The number of rotatable bonds is 8. The van der Waals surface area contributed by atoms with E-state index in [1.54, 1.807) is 11.8 Å². The summed E-state index contributed by atoms with van der Waals surface area (Å²) < 4.78 is 0. The molecule has 0 aliphatic carbocycles. The summed E-state index contributed by atoms with van der Waals surface area (Å²) in [6.07, 6.45) is 1.98. The Morgan fingerprint density at radius 1 is 1.14 bits per heavy atom. The number of nitrogens with one attached hydrogen (secondary N) is 3. The molecule has 0 aliphatic rings. The van der Waals surface area contributed by atoms with Crippen molar-refractivity contribution >= 4 is 29.3 Å². The molecule has 0 fully saturated rings. The van der Waals surface area contributed by atoms with E-state index in [1.165, 1.54) is 0 Å². The third-order valence-corrected chi connectivity index (χ3v) is 3.87. The van der Waals surface area contributed by atoms with Gasteiger partial charge in [-0.3, -0.25) is 9.59 Å². The van der Waals surface area contributed by atoms with Gasteiger partial charge in [0.2, 0.25) is 0 Å². The third-order valence-electron chi connectivity index (χ3n) is 3.08. The molecule has 1 unspecified atom stereocenters. The van der Waals surface area contributed by atoms with E-state index < -0.39 is 0 Å². The minimum absolute atomic E-state index is 0.0216. The number of hydrogen-bond acceptors (Lipinski definition) is 3. The largest absolute Gasteiger partial charge is 0.351 e. The molecule has 1 aromatic rings. The zero-order valence-electron chi connectivity index (χ0n) is 12.9. The summed E-state index contributed by atoms with van der Waals surface area (Å²) >= 11 is 1.59. The highest BCUT2D eigenvalue weighted by atomic mass is 32.2. The molecule has 1 atom stereocenters. The van der Waals surface area contributed by atoms with Crippen molar-refractivity contribution in [1.29, 1.82) is 0 Å². The molecule has 0 aromatic heterocycles. The Balaban J connectivity index is 2.56. The Bertz CT molecular complexity index is 480. The van der Waals surface area contributed by atoms with E-state index >= 15 is 0 Å². The molecule has 116 valence electrons.